The molecule has 1 N–H and O–H groups in total. The Morgan fingerprint density at radius 2 is 1.69 bits per heavy atom. The Balaban J connectivity index is 2.44. The minimum Gasteiger partial charge on any atom is -0.313 e. The minimum absolute atomic E-state index is 0.482. The molecule has 1 fully saturated rings. The Bertz CT molecular complexity index is 262. The maximum atomic E-state index is 3.67. The SMILES string of the molecule is CC#CCCNC1CC(C)(C)CC(C)(C)C1. The van der Waals surface area contributed by atoms with Crippen molar-refractivity contribution in [2.45, 2.75) is 66.3 Å². The van der Waals surface area contributed by atoms with E-state index < -0.39 is 0 Å². The van der Waals surface area contributed by atoms with Crippen LogP contribution in [0.5, 0.6) is 0 Å². The number of hydrogen-bond donors (Lipinski definition) is 1. The maximum absolute atomic E-state index is 3.67. The first-order valence-corrected chi connectivity index (χ1v) is 6.48. The molecule has 1 heteroatoms. The molecule has 0 atom stereocenters. The summed E-state index contributed by atoms with van der Waals surface area (Å²) >= 11 is 0. The van der Waals surface area contributed by atoms with Gasteiger partial charge in [-0.2, -0.15) is 0 Å². The lowest BCUT2D eigenvalue weighted by Gasteiger charge is -2.45. The highest BCUT2D eigenvalue weighted by atomic mass is 14.9. The van der Waals surface area contributed by atoms with E-state index in [2.05, 4.69) is 44.9 Å². The van der Waals surface area contributed by atoms with Crippen LogP contribution in [0.4, 0.5) is 0 Å². The predicted octanol–water partition coefficient (Wildman–Crippen LogP) is 3.59. The van der Waals surface area contributed by atoms with Crippen LogP contribution in [0.15, 0.2) is 0 Å². The Morgan fingerprint density at radius 1 is 1.12 bits per heavy atom. The summed E-state index contributed by atoms with van der Waals surface area (Å²) in [6, 6.07) is 0.678. The fraction of sp³-hybridized carbons (Fsp3) is 0.867. The number of nitrogens with one attached hydrogen (secondary N) is 1. The van der Waals surface area contributed by atoms with Crippen molar-refractivity contribution in [2.75, 3.05) is 6.54 Å². The average Bonchev–Trinajstić information content (AvgIpc) is 2.07. The molecule has 1 rings (SSSR count). The van der Waals surface area contributed by atoms with Crippen molar-refractivity contribution in [1.29, 1.82) is 0 Å². The molecule has 0 aromatic carbocycles. The first-order chi connectivity index (χ1) is 7.35. The van der Waals surface area contributed by atoms with E-state index in [0.29, 0.717) is 16.9 Å². The van der Waals surface area contributed by atoms with E-state index in [1.807, 2.05) is 6.92 Å². The lowest BCUT2D eigenvalue weighted by Crippen LogP contribution is -2.44. The van der Waals surface area contributed by atoms with Gasteiger partial charge in [-0.1, -0.05) is 27.7 Å². The standard InChI is InChI=1S/C15H27N/c1-6-7-8-9-16-13-10-14(2,3)12-15(4,5)11-13/h13,16H,8-12H2,1-5H3. The van der Waals surface area contributed by atoms with Crippen LogP contribution < -0.4 is 5.32 Å². The summed E-state index contributed by atoms with van der Waals surface area (Å²) in [5.74, 6) is 6.06. The molecule has 0 unspecified atom stereocenters. The molecular formula is C15H27N. The topological polar surface area (TPSA) is 12.0 Å². The highest BCUT2D eigenvalue weighted by Crippen LogP contribution is 2.45. The molecule has 1 saturated carbocycles. The molecular weight excluding hydrogens is 194 g/mol. The largest absolute Gasteiger partial charge is 0.313 e. The van der Waals surface area contributed by atoms with Crippen molar-refractivity contribution in [3.63, 3.8) is 0 Å². The molecule has 0 aromatic heterocycles. The monoisotopic (exact) mass is 221 g/mol. The van der Waals surface area contributed by atoms with Crippen molar-refractivity contribution in [2.24, 2.45) is 10.8 Å². The number of hydrogen-bond acceptors (Lipinski definition) is 1. The third kappa shape index (κ3) is 4.58. The molecule has 0 aromatic rings. The Labute approximate surface area is 101 Å². The Morgan fingerprint density at radius 3 is 2.19 bits per heavy atom. The van der Waals surface area contributed by atoms with Gasteiger partial charge in [0.2, 0.25) is 0 Å². The molecule has 1 nitrogen and oxygen atoms in total. The van der Waals surface area contributed by atoms with Crippen LogP contribution in [-0.4, -0.2) is 12.6 Å². The smallest absolute Gasteiger partial charge is 0.0214 e. The van der Waals surface area contributed by atoms with Gasteiger partial charge in [0.05, 0.1) is 0 Å². The Kier molecular flexibility index (Phi) is 4.44. The van der Waals surface area contributed by atoms with E-state index in [1.165, 1.54) is 19.3 Å². The van der Waals surface area contributed by atoms with Crippen molar-refractivity contribution >= 4 is 0 Å². The van der Waals surface area contributed by atoms with Gasteiger partial charge in [0.25, 0.3) is 0 Å². The van der Waals surface area contributed by atoms with Crippen LogP contribution in [0, 0.1) is 22.7 Å². The van der Waals surface area contributed by atoms with Gasteiger partial charge in [-0.25, -0.2) is 0 Å². The highest BCUT2D eigenvalue weighted by molar-refractivity contribution is 4.96. The summed E-state index contributed by atoms with van der Waals surface area (Å²) in [6.07, 6.45) is 4.92. The predicted molar refractivity (Wildman–Crippen MR) is 71.3 cm³/mol. The molecule has 16 heavy (non-hydrogen) atoms. The second kappa shape index (κ2) is 5.23. The fourth-order valence-electron chi connectivity index (χ4n) is 3.45. The van der Waals surface area contributed by atoms with Gasteiger partial charge in [-0.15, -0.1) is 11.8 Å². The molecule has 0 radical (unpaired) electrons. The molecule has 0 bridgehead atoms. The van der Waals surface area contributed by atoms with E-state index in [-0.39, 0.29) is 0 Å². The van der Waals surface area contributed by atoms with Crippen LogP contribution in [0.3, 0.4) is 0 Å². The van der Waals surface area contributed by atoms with Gasteiger partial charge in [-0.05, 0) is 37.0 Å². The van der Waals surface area contributed by atoms with E-state index >= 15 is 0 Å². The second-order valence-corrected chi connectivity index (χ2v) is 6.74. The summed E-state index contributed by atoms with van der Waals surface area (Å²) in [5.41, 5.74) is 0.964. The van der Waals surface area contributed by atoms with Crippen molar-refractivity contribution in [1.82, 2.24) is 5.32 Å². The zero-order valence-electron chi connectivity index (χ0n) is 11.6. The molecule has 0 saturated heterocycles. The van der Waals surface area contributed by atoms with Crippen molar-refractivity contribution in [3.05, 3.63) is 0 Å². The summed E-state index contributed by atoms with van der Waals surface area (Å²) in [5, 5.41) is 3.67. The van der Waals surface area contributed by atoms with Crippen LogP contribution >= 0.6 is 0 Å². The molecule has 0 amide bonds. The van der Waals surface area contributed by atoms with Gasteiger partial charge in [0.15, 0.2) is 0 Å². The first kappa shape index (κ1) is 13.6. The van der Waals surface area contributed by atoms with Crippen LogP contribution in [0.25, 0.3) is 0 Å². The van der Waals surface area contributed by atoms with Gasteiger partial charge in [-0.3, -0.25) is 0 Å². The number of rotatable bonds is 3. The van der Waals surface area contributed by atoms with E-state index in [1.54, 1.807) is 0 Å². The van der Waals surface area contributed by atoms with Crippen LogP contribution in [0.1, 0.15) is 60.3 Å². The summed E-state index contributed by atoms with van der Waals surface area (Å²) < 4.78 is 0. The van der Waals surface area contributed by atoms with Gasteiger partial charge in [0.1, 0.15) is 0 Å². The van der Waals surface area contributed by atoms with E-state index in [4.69, 9.17) is 0 Å². The zero-order valence-corrected chi connectivity index (χ0v) is 11.6. The third-order valence-corrected chi connectivity index (χ3v) is 3.41. The fourth-order valence-corrected chi connectivity index (χ4v) is 3.45. The highest BCUT2D eigenvalue weighted by Gasteiger charge is 2.37. The third-order valence-electron chi connectivity index (χ3n) is 3.41. The average molecular weight is 221 g/mol. The Hall–Kier alpha value is -0.480. The maximum Gasteiger partial charge on any atom is 0.0214 e. The first-order valence-electron chi connectivity index (χ1n) is 6.48. The zero-order chi connectivity index (χ0) is 12.2. The lowest BCUT2D eigenvalue weighted by molar-refractivity contribution is 0.0855. The normalized spacial score (nSPS) is 23.6. The van der Waals surface area contributed by atoms with Crippen LogP contribution in [0.2, 0.25) is 0 Å². The van der Waals surface area contributed by atoms with Crippen molar-refractivity contribution < 1.29 is 0 Å². The van der Waals surface area contributed by atoms with Crippen LogP contribution in [-0.2, 0) is 0 Å². The van der Waals surface area contributed by atoms with Gasteiger partial charge >= 0.3 is 0 Å². The summed E-state index contributed by atoms with van der Waals surface area (Å²) in [7, 11) is 0. The minimum atomic E-state index is 0.482. The molecule has 1 aliphatic rings. The molecule has 1 aliphatic carbocycles. The van der Waals surface area contributed by atoms with Gasteiger partial charge < -0.3 is 5.32 Å². The summed E-state index contributed by atoms with van der Waals surface area (Å²) in [6.45, 7) is 12.5. The second-order valence-electron chi connectivity index (χ2n) is 6.74. The summed E-state index contributed by atoms with van der Waals surface area (Å²) in [4.78, 5) is 0. The van der Waals surface area contributed by atoms with E-state index in [9.17, 15) is 0 Å². The van der Waals surface area contributed by atoms with Crippen molar-refractivity contribution in [3.8, 4) is 11.8 Å². The lowest BCUT2D eigenvalue weighted by atomic mass is 9.63. The molecule has 0 spiro atoms. The van der Waals surface area contributed by atoms with E-state index in [0.717, 1.165) is 13.0 Å². The molecule has 0 aliphatic heterocycles. The molecule has 92 valence electrons. The van der Waals surface area contributed by atoms with Gasteiger partial charge in [0, 0.05) is 19.0 Å². The molecule has 0 heterocycles. The quantitative estimate of drug-likeness (QED) is 0.567.